The van der Waals surface area contributed by atoms with Gasteiger partial charge in [-0.15, -0.1) is 0 Å². The number of hydrogen-bond acceptors (Lipinski definition) is 3. The summed E-state index contributed by atoms with van der Waals surface area (Å²) in [5.74, 6) is -1.41. The second-order valence-corrected chi connectivity index (χ2v) is 3.37. The van der Waals surface area contributed by atoms with Crippen molar-refractivity contribution in [2.45, 2.75) is 5.92 Å². The lowest BCUT2D eigenvalue weighted by Crippen LogP contribution is -2.11. The normalized spacial score (nSPS) is 12.0. The number of fused-ring (bicyclic) bond motifs is 1. The number of carbonyl (C=O) groups excluding carboxylic acids is 1. The number of ether oxygens (including phenoxy) is 1. The summed E-state index contributed by atoms with van der Waals surface area (Å²) in [4.78, 5) is 14.4. The Hall–Kier alpha value is -2.28. The molecule has 1 heterocycles. The minimum atomic E-state index is -0.874. The Morgan fingerprint density at radius 1 is 1.50 bits per heavy atom. The van der Waals surface area contributed by atoms with Crippen molar-refractivity contribution < 1.29 is 9.53 Å². The first-order valence-electron chi connectivity index (χ1n) is 4.81. The molecule has 1 aromatic carbocycles. The molecular formula is C12H10N2O2. The summed E-state index contributed by atoms with van der Waals surface area (Å²) in [6.07, 6.45) is 1.68. The number of nitrogens with one attached hydrogen (secondary N) is 1. The molecule has 0 spiro atoms. The second-order valence-electron chi connectivity index (χ2n) is 3.37. The van der Waals surface area contributed by atoms with Gasteiger partial charge < -0.3 is 9.72 Å². The molecule has 0 aliphatic carbocycles. The standard InChI is InChI=1S/C12H10N2O2/c1-16-12(15)9(6-13)10-7-14-11-5-3-2-4-8(10)11/h2-5,7,9,14H,1H3. The van der Waals surface area contributed by atoms with E-state index in [2.05, 4.69) is 9.72 Å². The fraction of sp³-hybridized carbons (Fsp3) is 0.167. The summed E-state index contributed by atoms with van der Waals surface area (Å²) in [7, 11) is 1.28. The lowest BCUT2D eigenvalue weighted by atomic mass is 10.0. The molecule has 0 aliphatic heterocycles. The third kappa shape index (κ3) is 1.52. The van der Waals surface area contributed by atoms with Crippen LogP contribution in [0.3, 0.4) is 0 Å². The van der Waals surface area contributed by atoms with Crippen LogP contribution in [0.1, 0.15) is 11.5 Å². The number of benzene rings is 1. The highest BCUT2D eigenvalue weighted by molar-refractivity contribution is 5.91. The van der Waals surface area contributed by atoms with E-state index in [0.29, 0.717) is 5.56 Å². The van der Waals surface area contributed by atoms with Gasteiger partial charge in [0.05, 0.1) is 13.2 Å². The van der Waals surface area contributed by atoms with Crippen molar-refractivity contribution in [1.82, 2.24) is 4.98 Å². The highest BCUT2D eigenvalue weighted by Gasteiger charge is 2.23. The average molecular weight is 214 g/mol. The Morgan fingerprint density at radius 2 is 2.25 bits per heavy atom. The van der Waals surface area contributed by atoms with E-state index in [1.54, 1.807) is 6.20 Å². The Kier molecular flexibility index (Phi) is 2.61. The zero-order chi connectivity index (χ0) is 11.5. The molecule has 0 fully saturated rings. The number of nitrogens with zero attached hydrogens (tertiary/aromatic N) is 1. The van der Waals surface area contributed by atoms with Crippen LogP contribution in [-0.2, 0) is 9.53 Å². The van der Waals surface area contributed by atoms with Crippen LogP contribution in [0.2, 0.25) is 0 Å². The third-order valence-electron chi connectivity index (χ3n) is 2.50. The van der Waals surface area contributed by atoms with E-state index in [1.165, 1.54) is 7.11 Å². The molecule has 0 saturated heterocycles. The molecule has 2 rings (SSSR count). The minimum absolute atomic E-state index is 0.535. The van der Waals surface area contributed by atoms with E-state index < -0.39 is 11.9 Å². The van der Waals surface area contributed by atoms with Crippen molar-refractivity contribution in [1.29, 1.82) is 5.26 Å². The maximum Gasteiger partial charge on any atom is 0.327 e. The summed E-state index contributed by atoms with van der Waals surface area (Å²) in [6, 6.07) is 9.47. The molecule has 0 amide bonds. The van der Waals surface area contributed by atoms with E-state index in [4.69, 9.17) is 5.26 Å². The van der Waals surface area contributed by atoms with E-state index >= 15 is 0 Å². The first kappa shape index (κ1) is 10.2. The summed E-state index contributed by atoms with van der Waals surface area (Å²) in [5, 5.41) is 9.87. The largest absolute Gasteiger partial charge is 0.468 e. The number of carbonyl (C=O) groups is 1. The van der Waals surface area contributed by atoms with Gasteiger partial charge in [0.2, 0.25) is 0 Å². The Bertz CT molecular complexity index is 566. The van der Waals surface area contributed by atoms with Crippen LogP contribution in [0.5, 0.6) is 0 Å². The summed E-state index contributed by atoms with van der Waals surface area (Å²) in [6.45, 7) is 0. The number of aromatic amines is 1. The van der Waals surface area contributed by atoms with E-state index in [9.17, 15) is 4.79 Å². The number of rotatable bonds is 2. The van der Waals surface area contributed by atoms with Crippen molar-refractivity contribution >= 4 is 16.9 Å². The molecule has 16 heavy (non-hydrogen) atoms. The highest BCUT2D eigenvalue weighted by Crippen LogP contribution is 2.25. The minimum Gasteiger partial charge on any atom is -0.468 e. The van der Waals surface area contributed by atoms with Gasteiger partial charge in [0.15, 0.2) is 5.92 Å². The van der Waals surface area contributed by atoms with Crippen LogP contribution in [-0.4, -0.2) is 18.1 Å². The number of esters is 1. The number of nitriles is 1. The number of hydrogen-bond donors (Lipinski definition) is 1. The molecule has 1 atom stereocenters. The maximum atomic E-state index is 11.4. The number of aromatic nitrogens is 1. The fourth-order valence-corrected chi connectivity index (χ4v) is 1.70. The zero-order valence-corrected chi connectivity index (χ0v) is 8.73. The first-order chi connectivity index (χ1) is 7.77. The van der Waals surface area contributed by atoms with Gasteiger partial charge in [-0.3, -0.25) is 4.79 Å². The van der Waals surface area contributed by atoms with Crippen LogP contribution >= 0.6 is 0 Å². The molecule has 0 radical (unpaired) electrons. The van der Waals surface area contributed by atoms with Gasteiger partial charge in [-0.05, 0) is 6.07 Å². The maximum absolute atomic E-state index is 11.4. The SMILES string of the molecule is COC(=O)C(C#N)c1c[nH]c2ccccc12. The van der Waals surface area contributed by atoms with Crippen LogP contribution < -0.4 is 0 Å². The van der Waals surface area contributed by atoms with Crippen LogP contribution in [0, 0.1) is 11.3 Å². The summed E-state index contributed by atoms with van der Waals surface area (Å²) in [5.41, 5.74) is 1.56. The molecule has 4 nitrogen and oxygen atoms in total. The van der Waals surface area contributed by atoms with Gasteiger partial charge in [-0.2, -0.15) is 5.26 Å². The van der Waals surface area contributed by atoms with Gasteiger partial charge >= 0.3 is 5.97 Å². The molecule has 80 valence electrons. The molecule has 1 N–H and O–H groups in total. The summed E-state index contributed by atoms with van der Waals surface area (Å²) >= 11 is 0. The average Bonchev–Trinajstić information content (AvgIpc) is 2.74. The Balaban J connectivity index is 2.54. The Labute approximate surface area is 92.4 Å². The van der Waals surface area contributed by atoms with Gasteiger partial charge in [0.25, 0.3) is 0 Å². The van der Waals surface area contributed by atoms with E-state index in [0.717, 1.165) is 10.9 Å². The van der Waals surface area contributed by atoms with Crippen molar-refractivity contribution in [3.05, 3.63) is 36.0 Å². The lowest BCUT2D eigenvalue weighted by molar-refractivity contribution is -0.140. The molecule has 0 aliphatic rings. The monoisotopic (exact) mass is 214 g/mol. The summed E-state index contributed by atoms with van der Waals surface area (Å²) < 4.78 is 4.60. The molecule has 2 aromatic rings. The molecule has 1 unspecified atom stereocenters. The van der Waals surface area contributed by atoms with Crippen LogP contribution in [0.4, 0.5) is 0 Å². The van der Waals surface area contributed by atoms with Gasteiger partial charge in [-0.1, -0.05) is 18.2 Å². The highest BCUT2D eigenvalue weighted by atomic mass is 16.5. The predicted molar refractivity (Wildman–Crippen MR) is 58.7 cm³/mol. The zero-order valence-electron chi connectivity index (χ0n) is 8.73. The number of para-hydroxylation sites is 1. The Morgan fingerprint density at radius 3 is 2.94 bits per heavy atom. The van der Waals surface area contributed by atoms with Crippen molar-refractivity contribution in [2.75, 3.05) is 7.11 Å². The lowest BCUT2D eigenvalue weighted by Gasteiger charge is -2.04. The molecule has 1 aromatic heterocycles. The van der Waals surface area contributed by atoms with Gasteiger partial charge in [0.1, 0.15) is 0 Å². The second kappa shape index (κ2) is 4.07. The first-order valence-corrected chi connectivity index (χ1v) is 4.81. The topological polar surface area (TPSA) is 65.9 Å². The quantitative estimate of drug-likeness (QED) is 0.777. The predicted octanol–water partition coefficient (Wildman–Crippen LogP) is 1.95. The van der Waals surface area contributed by atoms with Gasteiger partial charge in [0, 0.05) is 22.7 Å². The van der Waals surface area contributed by atoms with Crippen LogP contribution in [0.15, 0.2) is 30.5 Å². The molecular weight excluding hydrogens is 204 g/mol. The fourth-order valence-electron chi connectivity index (χ4n) is 1.70. The van der Waals surface area contributed by atoms with Crippen molar-refractivity contribution in [3.63, 3.8) is 0 Å². The molecule has 0 bridgehead atoms. The smallest absolute Gasteiger partial charge is 0.327 e. The molecule has 0 saturated carbocycles. The van der Waals surface area contributed by atoms with E-state index in [-0.39, 0.29) is 0 Å². The van der Waals surface area contributed by atoms with Crippen LogP contribution in [0.25, 0.3) is 10.9 Å². The third-order valence-corrected chi connectivity index (χ3v) is 2.50. The van der Waals surface area contributed by atoms with E-state index in [1.807, 2.05) is 30.3 Å². The number of methoxy groups -OCH3 is 1. The molecule has 4 heteroatoms. The number of H-pyrrole nitrogens is 1. The van der Waals surface area contributed by atoms with Crippen molar-refractivity contribution in [3.8, 4) is 6.07 Å². The van der Waals surface area contributed by atoms with Gasteiger partial charge in [-0.25, -0.2) is 0 Å². The van der Waals surface area contributed by atoms with Crippen molar-refractivity contribution in [2.24, 2.45) is 0 Å².